The van der Waals surface area contributed by atoms with E-state index in [0.29, 0.717) is 36.2 Å². The van der Waals surface area contributed by atoms with Crippen LogP contribution >= 0.6 is 12.2 Å². The van der Waals surface area contributed by atoms with Gasteiger partial charge in [-0.2, -0.15) is 5.10 Å². The second-order valence-corrected chi connectivity index (χ2v) is 6.48. The Hall–Kier alpha value is -2.80. The fraction of sp³-hybridized carbons (Fsp3) is 0.263. The molecule has 0 saturated heterocycles. The van der Waals surface area contributed by atoms with Gasteiger partial charge in [-0.3, -0.25) is 9.67 Å². The van der Waals surface area contributed by atoms with Crippen LogP contribution in [-0.4, -0.2) is 28.0 Å². The minimum Gasteiger partial charge on any atom is -0.486 e. The normalized spacial score (nSPS) is 12.8. The molecule has 26 heavy (non-hydrogen) atoms. The van der Waals surface area contributed by atoms with Crippen molar-refractivity contribution in [2.45, 2.75) is 20.5 Å². The molecule has 7 heteroatoms. The van der Waals surface area contributed by atoms with Crippen molar-refractivity contribution in [3.05, 3.63) is 58.1 Å². The third-order valence-corrected chi connectivity index (χ3v) is 4.71. The number of benzene rings is 2. The van der Waals surface area contributed by atoms with Crippen LogP contribution in [0.5, 0.6) is 17.2 Å². The molecule has 0 unspecified atom stereocenters. The Balaban J connectivity index is 1.64. The summed E-state index contributed by atoms with van der Waals surface area (Å²) in [4.78, 5) is 0. The number of aromatic amines is 1. The highest BCUT2D eigenvalue weighted by Crippen LogP contribution is 2.32. The Bertz CT molecular complexity index is 1010. The van der Waals surface area contributed by atoms with E-state index >= 15 is 0 Å². The van der Waals surface area contributed by atoms with Crippen molar-refractivity contribution in [2.24, 2.45) is 0 Å². The molecule has 0 fully saturated rings. The zero-order chi connectivity index (χ0) is 18.1. The maximum atomic E-state index is 5.99. The lowest BCUT2D eigenvalue weighted by atomic mass is 10.1. The van der Waals surface area contributed by atoms with Gasteiger partial charge in [-0.05, 0) is 55.4 Å². The Morgan fingerprint density at radius 2 is 1.96 bits per heavy atom. The minimum atomic E-state index is 0.297. The van der Waals surface area contributed by atoms with Crippen LogP contribution in [0.4, 0.5) is 0 Å². The predicted octanol–water partition coefficient (Wildman–Crippen LogP) is 3.90. The molecule has 3 aromatic rings. The number of aromatic nitrogens is 3. The summed E-state index contributed by atoms with van der Waals surface area (Å²) >= 11 is 5.40. The third-order valence-electron chi connectivity index (χ3n) is 4.44. The van der Waals surface area contributed by atoms with E-state index in [-0.39, 0.29) is 0 Å². The van der Waals surface area contributed by atoms with Crippen LogP contribution in [0, 0.1) is 18.6 Å². The second kappa shape index (κ2) is 6.84. The lowest BCUT2D eigenvalue weighted by Crippen LogP contribution is -2.15. The van der Waals surface area contributed by atoms with Gasteiger partial charge in [-0.15, -0.1) is 0 Å². The Kier molecular flexibility index (Phi) is 4.38. The van der Waals surface area contributed by atoms with Gasteiger partial charge in [0.25, 0.3) is 0 Å². The van der Waals surface area contributed by atoms with Crippen LogP contribution < -0.4 is 14.2 Å². The number of hydrogen-bond acceptors (Lipinski definition) is 5. The van der Waals surface area contributed by atoms with Crippen LogP contribution in [0.3, 0.4) is 0 Å². The molecule has 2 aromatic carbocycles. The van der Waals surface area contributed by atoms with Gasteiger partial charge in [0.15, 0.2) is 22.1 Å². The van der Waals surface area contributed by atoms with Gasteiger partial charge in [-0.25, -0.2) is 0 Å². The molecule has 1 aromatic heterocycles. The van der Waals surface area contributed by atoms with Crippen molar-refractivity contribution in [1.82, 2.24) is 14.8 Å². The molecule has 6 nitrogen and oxygen atoms in total. The van der Waals surface area contributed by atoms with Gasteiger partial charge in [0.1, 0.15) is 25.6 Å². The van der Waals surface area contributed by atoms with Crippen LogP contribution in [0.2, 0.25) is 0 Å². The van der Waals surface area contributed by atoms with E-state index in [1.54, 1.807) is 0 Å². The zero-order valence-electron chi connectivity index (χ0n) is 14.6. The van der Waals surface area contributed by atoms with Crippen molar-refractivity contribution in [3.8, 4) is 22.9 Å². The first kappa shape index (κ1) is 16.7. The Morgan fingerprint density at radius 1 is 1.15 bits per heavy atom. The number of hydrogen-bond donors (Lipinski definition) is 1. The molecule has 1 aliphatic heterocycles. The first-order chi connectivity index (χ1) is 12.6. The van der Waals surface area contributed by atoms with Crippen LogP contribution in [-0.2, 0) is 6.61 Å². The van der Waals surface area contributed by atoms with E-state index in [2.05, 4.69) is 23.2 Å². The first-order valence-corrected chi connectivity index (χ1v) is 8.79. The molecule has 1 N–H and O–H groups in total. The molecule has 0 saturated carbocycles. The number of aryl methyl sites for hydroxylation is 1. The summed E-state index contributed by atoms with van der Waals surface area (Å²) in [5.74, 6) is 2.97. The quantitative estimate of drug-likeness (QED) is 0.707. The highest BCUT2D eigenvalue weighted by atomic mass is 32.1. The average Bonchev–Trinajstić information content (AvgIpc) is 3.03. The second-order valence-electron chi connectivity index (χ2n) is 6.10. The molecule has 4 rings (SSSR count). The molecule has 0 bridgehead atoms. The third kappa shape index (κ3) is 3.06. The van der Waals surface area contributed by atoms with Crippen molar-refractivity contribution in [3.63, 3.8) is 0 Å². The molecule has 134 valence electrons. The highest BCUT2D eigenvalue weighted by molar-refractivity contribution is 7.71. The smallest absolute Gasteiger partial charge is 0.199 e. The van der Waals surface area contributed by atoms with E-state index in [9.17, 15) is 0 Å². The fourth-order valence-corrected chi connectivity index (χ4v) is 3.14. The van der Waals surface area contributed by atoms with E-state index in [1.165, 1.54) is 5.56 Å². The van der Waals surface area contributed by atoms with Crippen LogP contribution in [0.1, 0.15) is 17.0 Å². The van der Waals surface area contributed by atoms with E-state index < -0.39 is 0 Å². The van der Waals surface area contributed by atoms with Crippen molar-refractivity contribution < 1.29 is 14.2 Å². The fourth-order valence-electron chi connectivity index (χ4n) is 2.89. The topological polar surface area (TPSA) is 61.3 Å². The van der Waals surface area contributed by atoms with Gasteiger partial charge < -0.3 is 14.2 Å². The predicted molar refractivity (Wildman–Crippen MR) is 100.0 cm³/mol. The molecular weight excluding hydrogens is 350 g/mol. The van der Waals surface area contributed by atoms with E-state index in [1.807, 2.05) is 41.8 Å². The molecule has 0 spiro atoms. The summed E-state index contributed by atoms with van der Waals surface area (Å²) in [6.07, 6.45) is 0. The van der Waals surface area contributed by atoms with E-state index in [0.717, 1.165) is 22.7 Å². The summed E-state index contributed by atoms with van der Waals surface area (Å²) in [5.41, 5.74) is 3.16. The molecule has 2 heterocycles. The Morgan fingerprint density at radius 3 is 2.81 bits per heavy atom. The van der Waals surface area contributed by atoms with Gasteiger partial charge in [0.2, 0.25) is 0 Å². The summed E-state index contributed by atoms with van der Waals surface area (Å²) in [6, 6.07) is 11.7. The number of nitrogens with one attached hydrogen (secondary N) is 1. The summed E-state index contributed by atoms with van der Waals surface area (Å²) in [5, 5.41) is 7.16. The molecule has 0 radical (unpaired) electrons. The van der Waals surface area contributed by atoms with Gasteiger partial charge in [-0.1, -0.05) is 12.1 Å². The number of fused-ring (bicyclic) bond motifs is 1. The molecule has 0 amide bonds. The largest absolute Gasteiger partial charge is 0.486 e. The maximum Gasteiger partial charge on any atom is 0.199 e. The lowest BCUT2D eigenvalue weighted by molar-refractivity contribution is 0.171. The van der Waals surface area contributed by atoms with Crippen molar-refractivity contribution >= 4 is 12.2 Å². The molecule has 1 aliphatic rings. The SMILES string of the molecule is Cc1cccc(OCc2n[nH]c(=S)n2-c2ccc3c(c2)OCCO3)c1C. The minimum absolute atomic E-state index is 0.297. The van der Waals surface area contributed by atoms with Gasteiger partial charge in [0, 0.05) is 6.07 Å². The highest BCUT2D eigenvalue weighted by Gasteiger charge is 2.15. The average molecular weight is 369 g/mol. The van der Waals surface area contributed by atoms with E-state index in [4.69, 9.17) is 26.4 Å². The van der Waals surface area contributed by atoms with Gasteiger partial charge in [0.05, 0.1) is 5.69 Å². The Labute approximate surface area is 156 Å². The molecule has 0 aliphatic carbocycles. The van der Waals surface area contributed by atoms with Crippen molar-refractivity contribution in [1.29, 1.82) is 0 Å². The molecular formula is C19H19N3O3S. The number of ether oxygens (including phenoxy) is 3. The monoisotopic (exact) mass is 369 g/mol. The lowest BCUT2D eigenvalue weighted by Gasteiger charge is -2.19. The van der Waals surface area contributed by atoms with Gasteiger partial charge >= 0.3 is 0 Å². The number of rotatable bonds is 4. The zero-order valence-corrected chi connectivity index (χ0v) is 15.4. The standard InChI is InChI=1S/C19H19N3O3S/c1-12-4-3-5-15(13(12)2)25-11-18-20-21-19(26)22(18)14-6-7-16-17(10-14)24-9-8-23-16/h3-7,10H,8-9,11H2,1-2H3,(H,21,26). The maximum absolute atomic E-state index is 5.99. The first-order valence-electron chi connectivity index (χ1n) is 8.39. The number of nitrogens with zero attached hydrogens (tertiary/aromatic N) is 2. The van der Waals surface area contributed by atoms with Crippen LogP contribution in [0.15, 0.2) is 36.4 Å². The molecule has 0 atom stereocenters. The van der Waals surface area contributed by atoms with Crippen molar-refractivity contribution in [2.75, 3.05) is 13.2 Å². The summed E-state index contributed by atoms with van der Waals surface area (Å²) in [7, 11) is 0. The number of H-pyrrole nitrogens is 1. The summed E-state index contributed by atoms with van der Waals surface area (Å²) in [6.45, 7) is 5.50. The summed E-state index contributed by atoms with van der Waals surface area (Å²) < 4.78 is 19.6. The van der Waals surface area contributed by atoms with Crippen LogP contribution in [0.25, 0.3) is 5.69 Å².